The number of rotatable bonds is 4. The quantitative estimate of drug-likeness (QED) is 0.255. The van der Waals surface area contributed by atoms with Crippen LogP contribution in [0.5, 0.6) is 0 Å². The van der Waals surface area contributed by atoms with Gasteiger partial charge in [0.05, 0.1) is 0 Å². The van der Waals surface area contributed by atoms with E-state index in [1.165, 1.54) is 6.08 Å². The minimum atomic E-state index is -0.219. The molecular weight excluding hydrogens is 123 g/mol. The van der Waals surface area contributed by atoms with Gasteiger partial charge in [-0.15, -0.1) is 0 Å². The van der Waals surface area contributed by atoms with Gasteiger partial charge in [0, 0.05) is 5.95 Å². The van der Waals surface area contributed by atoms with Gasteiger partial charge in [-0.1, -0.05) is 19.4 Å². The maximum absolute atomic E-state index is 10.4. The second kappa shape index (κ2) is 8.94. The molecule has 0 unspecified atom stereocenters. The van der Waals surface area contributed by atoms with E-state index in [2.05, 4.69) is 6.92 Å². The molecule has 0 fully saturated rings. The first-order valence-corrected chi connectivity index (χ1v) is 3.27. The van der Waals surface area contributed by atoms with Crippen molar-refractivity contribution in [3.05, 3.63) is 12.0 Å². The second-order valence-electron chi connectivity index (χ2n) is 1.81. The number of hydrogen-bond acceptors (Lipinski definition) is 2. The van der Waals surface area contributed by atoms with Crippen molar-refractivity contribution >= 4 is 0 Å². The van der Waals surface area contributed by atoms with Crippen LogP contribution in [0.1, 0.15) is 26.7 Å². The molecule has 0 aromatic carbocycles. The van der Waals surface area contributed by atoms with E-state index in [-0.39, 0.29) is 24.8 Å². The number of unbranched alkanes of at least 4 members (excludes halogenated alkanes) is 1. The third-order valence-corrected chi connectivity index (χ3v) is 0.978. The average molecular weight is 136 g/mol. The molecule has 54 valence electrons. The van der Waals surface area contributed by atoms with E-state index in [0.29, 0.717) is 6.61 Å². The summed E-state index contributed by atoms with van der Waals surface area (Å²) in [5.41, 5.74) is 0. The molecule has 0 N–H and O–H groups in total. The first kappa shape index (κ1) is 12.6. The van der Waals surface area contributed by atoms with Crippen molar-refractivity contribution in [1.29, 1.82) is 0 Å². The Morgan fingerprint density at radius 2 is 2.20 bits per heavy atom. The Morgan fingerprint density at radius 1 is 1.60 bits per heavy atom. The minimum absolute atomic E-state index is 0. The summed E-state index contributed by atoms with van der Waals surface area (Å²) in [7, 11) is 0. The Kier molecular flexibility index (Phi) is 11.3. The molecule has 0 saturated heterocycles. The van der Waals surface area contributed by atoms with Gasteiger partial charge in [0.15, 0.2) is 0 Å². The summed E-state index contributed by atoms with van der Waals surface area (Å²) in [5.74, 6) is -0.219. The fourth-order valence-corrected chi connectivity index (χ4v) is 0.400. The van der Waals surface area contributed by atoms with E-state index >= 15 is 0 Å². The molecule has 0 aromatic rings. The van der Waals surface area contributed by atoms with Gasteiger partial charge in [-0.2, -0.15) is 0 Å². The number of hydrogen-bond donors (Lipinski definition) is 0. The van der Waals surface area contributed by atoms with Gasteiger partial charge in [-0.25, -0.2) is 0 Å². The van der Waals surface area contributed by atoms with Crippen LogP contribution >= 0.6 is 0 Å². The molecule has 0 amide bonds. The van der Waals surface area contributed by atoms with E-state index in [0.717, 1.165) is 12.8 Å². The summed E-state index contributed by atoms with van der Waals surface area (Å²) in [4.78, 5) is 0. The Labute approximate surface area is 74.4 Å². The summed E-state index contributed by atoms with van der Waals surface area (Å²) >= 11 is 0. The first-order chi connectivity index (χ1) is 4.31. The van der Waals surface area contributed by atoms with Crippen molar-refractivity contribution in [2.45, 2.75) is 26.7 Å². The van der Waals surface area contributed by atoms with Crippen molar-refractivity contribution in [1.82, 2.24) is 0 Å². The van der Waals surface area contributed by atoms with Crippen molar-refractivity contribution in [3.8, 4) is 0 Å². The molecule has 0 atom stereocenters. The summed E-state index contributed by atoms with van der Waals surface area (Å²) in [6.07, 6.45) is 3.45. The van der Waals surface area contributed by atoms with Crippen LogP contribution in [-0.4, -0.2) is 6.61 Å². The Bertz CT molecular complexity index is 91.6. The fourth-order valence-electron chi connectivity index (χ4n) is 0.400. The summed E-state index contributed by atoms with van der Waals surface area (Å²) < 4.78 is 4.74. The molecule has 0 aliphatic carbocycles. The van der Waals surface area contributed by atoms with Gasteiger partial charge in [-0.05, 0) is 20.0 Å². The Morgan fingerprint density at radius 3 is 2.60 bits per heavy atom. The predicted molar refractivity (Wildman–Crippen MR) is 34.6 cm³/mol. The first-order valence-electron chi connectivity index (χ1n) is 3.27. The van der Waals surface area contributed by atoms with Gasteiger partial charge in [0.2, 0.25) is 0 Å². The van der Waals surface area contributed by atoms with Crippen molar-refractivity contribution in [2.24, 2.45) is 0 Å². The van der Waals surface area contributed by atoms with Crippen LogP contribution in [0.25, 0.3) is 0 Å². The zero-order valence-corrected chi connectivity index (χ0v) is 7.02. The molecule has 0 saturated carbocycles. The van der Waals surface area contributed by atoms with Crippen molar-refractivity contribution in [2.75, 3.05) is 6.61 Å². The molecular formula is C7H13LiO2. The SMILES string of the molecule is C/C=C(\[O-])OCCCC.[Li+]. The monoisotopic (exact) mass is 136 g/mol. The van der Waals surface area contributed by atoms with Crippen molar-refractivity contribution in [3.63, 3.8) is 0 Å². The molecule has 0 bridgehead atoms. The molecule has 0 aromatic heterocycles. The molecule has 0 spiro atoms. The van der Waals surface area contributed by atoms with Crippen LogP contribution in [0.2, 0.25) is 0 Å². The predicted octanol–water partition coefficient (Wildman–Crippen LogP) is -1.97. The molecule has 0 radical (unpaired) electrons. The van der Waals surface area contributed by atoms with Crippen LogP contribution in [0.3, 0.4) is 0 Å². The zero-order chi connectivity index (χ0) is 7.11. The topological polar surface area (TPSA) is 32.3 Å². The second-order valence-corrected chi connectivity index (χ2v) is 1.81. The summed E-state index contributed by atoms with van der Waals surface area (Å²) in [5, 5.41) is 10.4. The third kappa shape index (κ3) is 7.94. The number of allylic oxidation sites excluding steroid dienone is 1. The van der Waals surface area contributed by atoms with Gasteiger partial charge in [0.25, 0.3) is 0 Å². The molecule has 0 aliphatic rings. The smallest absolute Gasteiger partial charge is 0.613 e. The van der Waals surface area contributed by atoms with Crippen molar-refractivity contribution < 1.29 is 28.7 Å². The Hall–Kier alpha value is -0.0626. The van der Waals surface area contributed by atoms with Crippen LogP contribution in [0.4, 0.5) is 0 Å². The minimum Gasteiger partial charge on any atom is -0.613 e. The van der Waals surface area contributed by atoms with Gasteiger partial charge < -0.3 is 9.84 Å². The summed E-state index contributed by atoms with van der Waals surface area (Å²) in [6.45, 7) is 4.29. The van der Waals surface area contributed by atoms with Crippen LogP contribution < -0.4 is 24.0 Å². The standard InChI is InChI=1S/C7H14O2.Li/c1-3-5-6-9-7(8)4-2;/h4,8H,3,5-6H2,1-2H3;/q;+1/p-1/b7-4+;. The largest absolute Gasteiger partial charge is 1.00 e. The van der Waals surface area contributed by atoms with E-state index in [1.807, 2.05) is 0 Å². The van der Waals surface area contributed by atoms with Gasteiger partial charge in [0.1, 0.15) is 0 Å². The maximum Gasteiger partial charge on any atom is 1.00 e. The molecule has 0 aliphatic heterocycles. The van der Waals surface area contributed by atoms with E-state index in [1.54, 1.807) is 6.92 Å². The van der Waals surface area contributed by atoms with Crippen LogP contribution in [0, 0.1) is 0 Å². The van der Waals surface area contributed by atoms with Crippen LogP contribution in [-0.2, 0) is 4.74 Å². The van der Waals surface area contributed by atoms with E-state index in [4.69, 9.17) is 4.74 Å². The number of ether oxygens (including phenoxy) is 1. The molecule has 3 heteroatoms. The third-order valence-electron chi connectivity index (χ3n) is 0.978. The molecule has 10 heavy (non-hydrogen) atoms. The fraction of sp³-hybridized carbons (Fsp3) is 0.714. The van der Waals surface area contributed by atoms with Gasteiger partial charge >= 0.3 is 18.9 Å². The van der Waals surface area contributed by atoms with E-state index < -0.39 is 0 Å². The van der Waals surface area contributed by atoms with E-state index in [9.17, 15) is 5.11 Å². The Balaban J connectivity index is 0. The molecule has 2 nitrogen and oxygen atoms in total. The normalized spacial score (nSPS) is 10.4. The molecule has 0 heterocycles. The summed E-state index contributed by atoms with van der Waals surface area (Å²) in [6, 6.07) is 0. The average Bonchev–Trinajstić information content (AvgIpc) is 1.89. The van der Waals surface area contributed by atoms with Crippen LogP contribution in [0.15, 0.2) is 12.0 Å². The maximum atomic E-state index is 10.4. The molecule has 0 rings (SSSR count). The van der Waals surface area contributed by atoms with Gasteiger partial charge in [-0.3, -0.25) is 0 Å². The zero-order valence-electron chi connectivity index (χ0n) is 7.02.